The van der Waals surface area contributed by atoms with Gasteiger partial charge in [-0.3, -0.25) is 19.2 Å². The maximum absolute atomic E-state index is 12.3. The Labute approximate surface area is 163 Å². The summed E-state index contributed by atoms with van der Waals surface area (Å²) in [6.07, 6.45) is 4.28. The summed E-state index contributed by atoms with van der Waals surface area (Å²) < 4.78 is 0. The van der Waals surface area contributed by atoms with Gasteiger partial charge in [-0.25, -0.2) is 0 Å². The molecule has 0 aromatic heterocycles. The third kappa shape index (κ3) is 9.62. The third-order valence-corrected chi connectivity index (χ3v) is 7.49. The highest BCUT2D eigenvalue weighted by molar-refractivity contribution is 8.77. The minimum absolute atomic E-state index is 0.0243. The highest BCUT2D eigenvalue weighted by atomic mass is 33.1. The molecule has 148 valence electrons. The van der Waals surface area contributed by atoms with Crippen molar-refractivity contribution in [2.75, 3.05) is 5.75 Å². The second-order valence-corrected chi connectivity index (χ2v) is 9.60. The van der Waals surface area contributed by atoms with Gasteiger partial charge in [0, 0.05) is 36.2 Å². The summed E-state index contributed by atoms with van der Waals surface area (Å²) in [5, 5.41) is 12.2. The van der Waals surface area contributed by atoms with Crippen molar-refractivity contribution in [3.8, 4) is 0 Å². The zero-order valence-corrected chi connectivity index (χ0v) is 17.1. The zero-order valence-electron chi connectivity index (χ0n) is 15.5. The molecule has 8 heteroatoms. The van der Waals surface area contributed by atoms with Gasteiger partial charge in [0.1, 0.15) is 5.78 Å². The lowest BCUT2D eigenvalue weighted by Crippen LogP contribution is -2.42. The Morgan fingerprint density at radius 1 is 1.19 bits per heavy atom. The number of aliphatic carboxylic acids is 1. The van der Waals surface area contributed by atoms with Crippen LogP contribution in [0, 0.1) is 5.92 Å². The van der Waals surface area contributed by atoms with Crippen LogP contribution in [0.3, 0.4) is 0 Å². The Balaban J connectivity index is 2.41. The molecule has 0 aromatic carbocycles. The van der Waals surface area contributed by atoms with E-state index in [4.69, 9.17) is 5.11 Å². The maximum atomic E-state index is 12.3. The van der Waals surface area contributed by atoms with Crippen LogP contribution < -0.4 is 5.32 Å². The lowest BCUT2D eigenvalue weighted by molar-refractivity contribution is -0.138. The van der Waals surface area contributed by atoms with Crippen LogP contribution in [0.15, 0.2) is 0 Å². The van der Waals surface area contributed by atoms with Crippen LogP contribution in [0.5, 0.6) is 0 Å². The number of carboxylic acid groups (broad SMARTS) is 1. The molecule has 0 bridgehead atoms. The highest BCUT2D eigenvalue weighted by Gasteiger charge is 2.24. The first-order valence-corrected chi connectivity index (χ1v) is 11.5. The van der Waals surface area contributed by atoms with Crippen LogP contribution in [0.4, 0.5) is 0 Å². The molecule has 6 nitrogen and oxygen atoms in total. The minimum atomic E-state index is -1.01. The van der Waals surface area contributed by atoms with Gasteiger partial charge >= 0.3 is 5.97 Å². The number of ketones is 2. The summed E-state index contributed by atoms with van der Waals surface area (Å²) in [6.45, 7) is 3.08. The van der Waals surface area contributed by atoms with E-state index in [1.54, 1.807) is 6.92 Å². The Kier molecular flexibility index (Phi) is 11.0. The first-order chi connectivity index (χ1) is 12.3. The van der Waals surface area contributed by atoms with E-state index in [0.717, 1.165) is 19.3 Å². The fourth-order valence-corrected chi connectivity index (χ4v) is 5.69. The number of amides is 1. The van der Waals surface area contributed by atoms with Gasteiger partial charge in [0.2, 0.25) is 5.91 Å². The zero-order chi connectivity index (χ0) is 19.5. The molecule has 0 radical (unpaired) electrons. The molecule has 0 aromatic rings. The smallest absolute Gasteiger partial charge is 0.303 e. The number of rotatable bonds is 13. The van der Waals surface area contributed by atoms with Crippen molar-refractivity contribution in [3.63, 3.8) is 0 Å². The molecular formula is C18H29NO5S2. The number of nitrogens with one attached hydrogen (secondary N) is 1. The molecule has 2 N–H and O–H groups in total. The number of carbonyl (C=O) groups is 4. The molecule has 1 rings (SSSR count). The third-order valence-electron chi connectivity index (χ3n) is 4.48. The van der Waals surface area contributed by atoms with Crippen molar-refractivity contribution in [3.05, 3.63) is 0 Å². The fourth-order valence-electron chi connectivity index (χ4n) is 2.66. The van der Waals surface area contributed by atoms with E-state index in [9.17, 15) is 19.2 Å². The van der Waals surface area contributed by atoms with Crippen LogP contribution in [-0.2, 0) is 19.2 Å². The lowest BCUT2D eigenvalue weighted by Gasteiger charge is -2.18. The first kappa shape index (κ1) is 23.0. The summed E-state index contributed by atoms with van der Waals surface area (Å²) in [5.74, 6) is -0.830. The summed E-state index contributed by atoms with van der Waals surface area (Å²) in [6, 6.07) is -0.831. The predicted molar refractivity (Wildman–Crippen MR) is 105 cm³/mol. The number of unbranched alkanes of at least 4 members (excludes halogenated alkanes) is 1. The van der Waals surface area contributed by atoms with Crippen molar-refractivity contribution in [2.24, 2.45) is 5.92 Å². The molecule has 1 fully saturated rings. The van der Waals surface area contributed by atoms with Crippen molar-refractivity contribution in [1.29, 1.82) is 0 Å². The summed E-state index contributed by atoms with van der Waals surface area (Å²) in [4.78, 5) is 46.6. The maximum Gasteiger partial charge on any atom is 0.303 e. The molecule has 1 heterocycles. The monoisotopic (exact) mass is 403 g/mol. The number of carboxylic acids is 1. The molecule has 3 atom stereocenters. The van der Waals surface area contributed by atoms with Gasteiger partial charge < -0.3 is 10.4 Å². The Bertz CT molecular complexity index is 506. The SMILES string of the molecule is CC(=O)[C@H](C)CC(=O)[C@@H](CCC(=O)O)NC(=O)CCCC[C@@H]1CCSS1. The molecule has 0 saturated carbocycles. The van der Waals surface area contributed by atoms with Gasteiger partial charge in [-0.15, -0.1) is 0 Å². The summed E-state index contributed by atoms with van der Waals surface area (Å²) in [5.41, 5.74) is 0. The van der Waals surface area contributed by atoms with E-state index < -0.39 is 17.9 Å². The normalized spacial score (nSPS) is 18.9. The molecule has 0 unspecified atom stereocenters. The van der Waals surface area contributed by atoms with Crippen molar-refractivity contribution in [1.82, 2.24) is 5.32 Å². The van der Waals surface area contributed by atoms with Gasteiger partial charge in [-0.1, -0.05) is 34.9 Å². The van der Waals surface area contributed by atoms with E-state index in [-0.39, 0.29) is 36.7 Å². The van der Waals surface area contributed by atoms with Crippen LogP contribution in [0.25, 0.3) is 0 Å². The Morgan fingerprint density at radius 2 is 1.92 bits per heavy atom. The average Bonchev–Trinajstić information content (AvgIpc) is 3.08. The molecule has 26 heavy (non-hydrogen) atoms. The minimum Gasteiger partial charge on any atom is -0.481 e. The molecule has 1 amide bonds. The van der Waals surface area contributed by atoms with Crippen molar-refractivity contribution < 1.29 is 24.3 Å². The molecule has 0 aliphatic carbocycles. The molecular weight excluding hydrogens is 374 g/mol. The van der Waals surface area contributed by atoms with Crippen molar-refractivity contribution >= 4 is 45.0 Å². The Hall–Kier alpha value is -1.02. The molecule has 1 saturated heterocycles. The molecule has 1 aliphatic heterocycles. The van der Waals surface area contributed by atoms with E-state index >= 15 is 0 Å². The second kappa shape index (κ2) is 12.4. The fraction of sp³-hybridized carbons (Fsp3) is 0.778. The van der Waals surface area contributed by atoms with Crippen LogP contribution in [0.2, 0.25) is 0 Å². The average molecular weight is 404 g/mol. The second-order valence-electron chi connectivity index (χ2n) is 6.81. The number of hydrogen-bond acceptors (Lipinski definition) is 6. The summed E-state index contributed by atoms with van der Waals surface area (Å²) in [7, 11) is 3.82. The largest absolute Gasteiger partial charge is 0.481 e. The van der Waals surface area contributed by atoms with E-state index in [2.05, 4.69) is 5.32 Å². The summed E-state index contributed by atoms with van der Waals surface area (Å²) >= 11 is 0. The van der Waals surface area contributed by atoms with Gasteiger partial charge in [-0.05, 0) is 32.6 Å². The van der Waals surface area contributed by atoms with Gasteiger partial charge in [-0.2, -0.15) is 0 Å². The van der Waals surface area contributed by atoms with Crippen LogP contribution in [-0.4, -0.2) is 45.6 Å². The van der Waals surface area contributed by atoms with Crippen molar-refractivity contribution in [2.45, 2.75) is 76.5 Å². The molecule has 0 spiro atoms. The first-order valence-electron chi connectivity index (χ1n) is 9.12. The number of carbonyl (C=O) groups excluding carboxylic acids is 3. The molecule has 1 aliphatic rings. The van der Waals surface area contributed by atoms with Crippen LogP contribution in [0.1, 0.15) is 65.2 Å². The lowest BCUT2D eigenvalue weighted by atomic mass is 9.95. The Morgan fingerprint density at radius 3 is 2.50 bits per heavy atom. The topological polar surface area (TPSA) is 101 Å². The van der Waals surface area contributed by atoms with Gasteiger partial charge in [0.25, 0.3) is 0 Å². The van der Waals surface area contributed by atoms with E-state index in [1.807, 2.05) is 21.6 Å². The highest BCUT2D eigenvalue weighted by Crippen LogP contribution is 2.39. The van der Waals surface area contributed by atoms with Gasteiger partial charge in [0.05, 0.1) is 6.04 Å². The van der Waals surface area contributed by atoms with E-state index in [1.165, 1.54) is 19.1 Å². The number of hydrogen-bond donors (Lipinski definition) is 2. The predicted octanol–water partition coefficient (Wildman–Crippen LogP) is 3.23. The van der Waals surface area contributed by atoms with Gasteiger partial charge in [0.15, 0.2) is 5.78 Å². The number of Topliss-reactive ketones (excluding diaryl/α,β-unsaturated/α-hetero) is 2. The van der Waals surface area contributed by atoms with Crippen LogP contribution >= 0.6 is 21.6 Å². The standard InChI is InChI=1S/C18H29NO5S2/c1-12(13(2)20)11-16(21)15(7-8-18(23)24)19-17(22)6-4-3-5-14-9-10-25-26-14/h12,14-15H,3-11H2,1-2H3,(H,19,22)(H,23,24)/t12-,14-,15-/m1/s1. The quantitative estimate of drug-likeness (QED) is 0.360. The van der Waals surface area contributed by atoms with E-state index in [0.29, 0.717) is 11.7 Å².